The predicted octanol–water partition coefficient (Wildman–Crippen LogP) is 4.80. The van der Waals surface area contributed by atoms with Gasteiger partial charge in [-0.05, 0) is 56.7 Å². The highest BCUT2D eigenvalue weighted by molar-refractivity contribution is 6.30. The first kappa shape index (κ1) is 18.4. The summed E-state index contributed by atoms with van der Waals surface area (Å²) in [4.78, 5) is 20.7. The van der Waals surface area contributed by atoms with Gasteiger partial charge in [-0.3, -0.25) is 4.79 Å². The number of nitrogens with one attached hydrogen (secondary N) is 2. The van der Waals surface area contributed by atoms with E-state index in [0.717, 1.165) is 30.5 Å². The number of carbonyl (C=O) groups is 1. The van der Waals surface area contributed by atoms with Crippen molar-refractivity contribution in [3.8, 4) is 0 Å². The first-order chi connectivity index (χ1) is 12.6. The molecule has 1 aliphatic rings. The van der Waals surface area contributed by atoms with E-state index < -0.39 is 0 Å². The highest BCUT2D eigenvalue weighted by Crippen LogP contribution is 2.22. The van der Waals surface area contributed by atoms with Crippen LogP contribution in [-0.2, 0) is 0 Å². The van der Waals surface area contributed by atoms with Crippen molar-refractivity contribution >= 4 is 29.1 Å². The lowest BCUT2D eigenvalue weighted by molar-refractivity contribution is 0.0953. The molecule has 5 nitrogen and oxygen atoms in total. The molecular weight excluding hydrogens is 348 g/mol. The highest BCUT2D eigenvalue weighted by Gasteiger charge is 2.09. The molecule has 1 aromatic heterocycles. The van der Waals surface area contributed by atoms with Crippen molar-refractivity contribution in [2.45, 2.75) is 39.0 Å². The SMILES string of the molecule is Cc1ccc(Cl)cc1Nc1ncc(C(=O)NCCC2=CCCCC2)cn1. The normalized spacial score (nSPS) is 13.8. The van der Waals surface area contributed by atoms with Crippen LogP contribution in [0, 0.1) is 6.92 Å². The quantitative estimate of drug-likeness (QED) is 0.716. The average Bonchev–Trinajstić information content (AvgIpc) is 2.66. The Morgan fingerprint density at radius 1 is 1.23 bits per heavy atom. The summed E-state index contributed by atoms with van der Waals surface area (Å²) in [5, 5.41) is 6.69. The third-order valence-corrected chi connectivity index (χ3v) is 4.71. The summed E-state index contributed by atoms with van der Waals surface area (Å²) in [5.74, 6) is 0.283. The maximum absolute atomic E-state index is 12.2. The molecule has 2 N–H and O–H groups in total. The standard InChI is InChI=1S/C20H23ClN4O/c1-14-7-8-17(21)11-18(14)25-20-23-12-16(13-24-20)19(26)22-10-9-15-5-3-2-4-6-15/h5,7-8,11-13H,2-4,6,9-10H2,1H3,(H,22,26)(H,23,24,25). The second kappa shape index (κ2) is 8.81. The van der Waals surface area contributed by atoms with Crippen LogP contribution in [0.3, 0.4) is 0 Å². The number of carbonyl (C=O) groups excluding carboxylic acids is 1. The van der Waals surface area contributed by atoms with Crippen LogP contribution in [-0.4, -0.2) is 22.4 Å². The van der Waals surface area contributed by atoms with Crippen molar-refractivity contribution < 1.29 is 4.79 Å². The Balaban J connectivity index is 1.54. The third-order valence-electron chi connectivity index (χ3n) is 4.48. The average molecular weight is 371 g/mol. The monoisotopic (exact) mass is 370 g/mol. The van der Waals surface area contributed by atoms with Gasteiger partial charge in [-0.15, -0.1) is 0 Å². The van der Waals surface area contributed by atoms with Gasteiger partial charge in [0.1, 0.15) is 0 Å². The number of rotatable bonds is 6. The van der Waals surface area contributed by atoms with E-state index in [9.17, 15) is 4.79 Å². The van der Waals surface area contributed by atoms with Crippen LogP contribution in [0.5, 0.6) is 0 Å². The molecule has 0 unspecified atom stereocenters. The van der Waals surface area contributed by atoms with E-state index in [0.29, 0.717) is 23.1 Å². The molecule has 1 aromatic carbocycles. The number of anilines is 2. The van der Waals surface area contributed by atoms with E-state index in [-0.39, 0.29) is 5.91 Å². The Labute approximate surface area is 158 Å². The Hall–Kier alpha value is -2.40. The summed E-state index contributed by atoms with van der Waals surface area (Å²) in [7, 11) is 0. The summed E-state index contributed by atoms with van der Waals surface area (Å²) < 4.78 is 0. The number of aryl methyl sites for hydroxylation is 1. The number of allylic oxidation sites excluding steroid dienone is 1. The van der Waals surface area contributed by atoms with E-state index >= 15 is 0 Å². The van der Waals surface area contributed by atoms with E-state index in [1.165, 1.54) is 30.8 Å². The third kappa shape index (κ3) is 5.05. The van der Waals surface area contributed by atoms with E-state index in [1.807, 2.05) is 25.1 Å². The molecule has 0 saturated carbocycles. The summed E-state index contributed by atoms with van der Waals surface area (Å²) in [6, 6.07) is 5.58. The fourth-order valence-corrected chi connectivity index (χ4v) is 3.10. The molecule has 1 amide bonds. The smallest absolute Gasteiger partial charge is 0.254 e. The van der Waals surface area contributed by atoms with Crippen LogP contribution in [0.15, 0.2) is 42.2 Å². The maximum atomic E-state index is 12.2. The van der Waals surface area contributed by atoms with Crippen LogP contribution in [0.1, 0.15) is 48.0 Å². The molecule has 0 atom stereocenters. The molecule has 1 aliphatic carbocycles. The molecule has 136 valence electrons. The van der Waals surface area contributed by atoms with Crippen LogP contribution >= 0.6 is 11.6 Å². The maximum Gasteiger partial charge on any atom is 0.254 e. The van der Waals surface area contributed by atoms with Crippen LogP contribution in [0.4, 0.5) is 11.6 Å². The van der Waals surface area contributed by atoms with Crippen molar-refractivity contribution in [3.63, 3.8) is 0 Å². The first-order valence-electron chi connectivity index (χ1n) is 8.93. The summed E-state index contributed by atoms with van der Waals surface area (Å²) in [6.07, 6.45) is 11.1. The van der Waals surface area contributed by atoms with Gasteiger partial charge in [-0.25, -0.2) is 9.97 Å². The summed E-state index contributed by atoms with van der Waals surface area (Å²) >= 11 is 6.02. The molecule has 0 saturated heterocycles. The van der Waals surface area contributed by atoms with Gasteiger partial charge >= 0.3 is 0 Å². The number of aromatic nitrogens is 2. The molecule has 3 rings (SSSR count). The van der Waals surface area contributed by atoms with E-state index in [4.69, 9.17) is 11.6 Å². The molecule has 0 aliphatic heterocycles. The van der Waals surface area contributed by atoms with Crippen molar-refractivity contribution in [2.24, 2.45) is 0 Å². The lowest BCUT2D eigenvalue weighted by atomic mass is 9.97. The second-order valence-electron chi connectivity index (χ2n) is 6.49. The van der Waals surface area contributed by atoms with Crippen LogP contribution < -0.4 is 10.6 Å². The molecular formula is C20H23ClN4O. The van der Waals surface area contributed by atoms with Crippen LogP contribution in [0.2, 0.25) is 5.02 Å². The summed E-state index contributed by atoms with van der Waals surface area (Å²) in [5.41, 5.74) is 3.78. The van der Waals surface area contributed by atoms with Crippen molar-refractivity contribution in [1.82, 2.24) is 15.3 Å². The van der Waals surface area contributed by atoms with Gasteiger partial charge in [0, 0.05) is 29.6 Å². The zero-order valence-corrected chi connectivity index (χ0v) is 15.6. The second-order valence-corrected chi connectivity index (χ2v) is 6.93. The van der Waals surface area contributed by atoms with Gasteiger partial charge in [0.2, 0.25) is 5.95 Å². The molecule has 6 heteroatoms. The lowest BCUT2D eigenvalue weighted by Crippen LogP contribution is -2.25. The number of hydrogen-bond donors (Lipinski definition) is 2. The molecule has 0 radical (unpaired) electrons. The number of nitrogens with zero attached hydrogens (tertiary/aromatic N) is 2. The molecule has 0 spiro atoms. The summed E-state index contributed by atoms with van der Waals surface area (Å²) in [6.45, 7) is 2.62. The Bertz CT molecular complexity index is 802. The minimum absolute atomic E-state index is 0.146. The lowest BCUT2D eigenvalue weighted by Gasteiger charge is -2.13. The fraction of sp³-hybridized carbons (Fsp3) is 0.350. The molecule has 2 aromatic rings. The number of halogens is 1. The van der Waals surface area contributed by atoms with Crippen molar-refractivity contribution in [1.29, 1.82) is 0 Å². The Morgan fingerprint density at radius 2 is 2.04 bits per heavy atom. The van der Waals surface area contributed by atoms with Gasteiger partial charge in [-0.2, -0.15) is 0 Å². The Morgan fingerprint density at radius 3 is 2.77 bits per heavy atom. The zero-order valence-electron chi connectivity index (χ0n) is 14.9. The number of benzene rings is 1. The van der Waals surface area contributed by atoms with Gasteiger partial charge in [-0.1, -0.05) is 29.3 Å². The minimum Gasteiger partial charge on any atom is -0.352 e. The molecule has 0 fully saturated rings. The zero-order chi connectivity index (χ0) is 18.4. The van der Waals surface area contributed by atoms with E-state index in [2.05, 4.69) is 26.7 Å². The van der Waals surface area contributed by atoms with Crippen molar-refractivity contribution in [2.75, 3.05) is 11.9 Å². The number of hydrogen-bond acceptors (Lipinski definition) is 4. The van der Waals surface area contributed by atoms with Gasteiger partial charge in [0.25, 0.3) is 5.91 Å². The molecule has 26 heavy (non-hydrogen) atoms. The van der Waals surface area contributed by atoms with Gasteiger partial charge in [0.15, 0.2) is 0 Å². The van der Waals surface area contributed by atoms with Gasteiger partial charge < -0.3 is 10.6 Å². The Kier molecular flexibility index (Phi) is 6.23. The first-order valence-corrected chi connectivity index (χ1v) is 9.31. The highest BCUT2D eigenvalue weighted by atomic mass is 35.5. The number of amides is 1. The molecule has 0 bridgehead atoms. The van der Waals surface area contributed by atoms with Crippen LogP contribution in [0.25, 0.3) is 0 Å². The van der Waals surface area contributed by atoms with E-state index in [1.54, 1.807) is 0 Å². The fourth-order valence-electron chi connectivity index (χ4n) is 2.93. The molecule has 1 heterocycles. The largest absolute Gasteiger partial charge is 0.352 e. The predicted molar refractivity (Wildman–Crippen MR) is 105 cm³/mol. The van der Waals surface area contributed by atoms with Crippen molar-refractivity contribution in [3.05, 3.63) is 58.4 Å². The topological polar surface area (TPSA) is 66.9 Å². The van der Waals surface area contributed by atoms with Gasteiger partial charge in [0.05, 0.1) is 5.56 Å². The minimum atomic E-state index is -0.146.